The van der Waals surface area contributed by atoms with Gasteiger partial charge in [-0.2, -0.15) is 8.78 Å². The van der Waals surface area contributed by atoms with Gasteiger partial charge in [-0.1, -0.05) is 62.3 Å². The molecule has 29 heteroatoms. The van der Waals surface area contributed by atoms with Gasteiger partial charge in [-0.3, -0.25) is 38.4 Å². The summed E-state index contributed by atoms with van der Waals surface area (Å²) in [6.45, 7) is 22.3. The fourth-order valence-corrected chi connectivity index (χ4v) is 11.3. The van der Waals surface area contributed by atoms with Crippen LogP contribution in [0.3, 0.4) is 0 Å². The van der Waals surface area contributed by atoms with Crippen molar-refractivity contribution in [1.29, 1.82) is 0 Å². The minimum Gasteiger partial charge on any atom is -0.463 e. The second-order valence-electron chi connectivity index (χ2n) is 25.7. The Kier molecular flexibility index (Phi) is 36.6. The van der Waals surface area contributed by atoms with E-state index in [1.807, 2.05) is 41.5 Å². The Balaban J connectivity index is 1.40. The lowest BCUT2D eigenvalue weighted by atomic mass is 9.79. The first-order valence-electron chi connectivity index (χ1n) is 33.5. The number of nitrogens with one attached hydrogen (secondary N) is 3. The van der Waals surface area contributed by atoms with E-state index in [4.69, 9.17) is 56.8 Å². The quantitative estimate of drug-likeness (QED) is 0.0106. The molecule has 3 aliphatic heterocycles. The maximum absolute atomic E-state index is 14.3. The Bertz CT molecular complexity index is 2420. The molecule has 3 amide bonds. The van der Waals surface area contributed by atoms with Crippen molar-refractivity contribution in [3.63, 3.8) is 0 Å². The molecule has 1 aromatic carbocycles. The number of amides is 3. The summed E-state index contributed by atoms with van der Waals surface area (Å²) in [5.74, 6) is -16.9. The fourth-order valence-electron chi connectivity index (χ4n) is 11.3. The van der Waals surface area contributed by atoms with Crippen LogP contribution in [0, 0.1) is 82.3 Å². The average molecular weight is 1380 g/mol. The molecule has 4 rings (SSSR count). The third-order valence-corrected chi connectivity index (χ3v) is 18.5. The van der Waals surface area contributed by atoms with Crippen molar-refractivity contribution in [3.8, 4) is 5.75 Å². The number of ether oxygens (including phenoxy) is 13. The van der Waals surface area contributed by atoms with E-state index in [-0.39, 0.29) is 207 Å². The number of carbonyl (C=O) groups is 8. The van der Waals surface area contributed by atoms with Gasteiger partial charge in [-0.15, -0.1) is 0 Å². The normalized spacial score (nSPS) is 26.4. The molecule has 0 aromatic heterocycles. The Labute approximate surface area is 560 Å². The second-order valence-corrected chi connectivity index (χ2v) is 25.7. The van der Waals surface area contributed by atoms with Gasteiger partial charge < -0.3 is 77.5 Å². The largest absolute Gasteiger partial charge is 0.463 e. The predicted octanol–water partition coefficient (Wildman–Crippen LogP) is 7.92. The second kappa shape index (κ2) is 42.4. The van der Waals surface area contributed by atoms with Crippen LogP contribution < -0.4 is 20.7 Å². The minimum atomic E-state index is -2.45. The number of rotatable bonds is 43. The molecule has 3 fully saturated rings. The fraction of sp³-hybridized carbons (Fsp3) is 0.791. The van der Waals surface area contributed by atoms with Gasteiger partial charge in [-0.05, 0) is 67.6 Å². The molecule has 3 heterocycles. The summed E-state index contributed by atoms with van der Waals surface area (Å²) in [7, 11) is 0. The number of halogens is 5. The van der Waals surface area contributed by atoms with Gasteiger partial charge >= 0.3 is 23.9 Å². The van der Waals surface area contributed by atoms with Crippen molar-refractivity contribution >= 4 is 47.4 Å². The third kappa shape index (κ3) is 27.6. The molecule has 6 unspecified atom stereocenters. The zero-order valence-corrected chi connectivity index (χ0v) is 57.8. The molecule has 1 aromatic rings. The van der Waals surface area contributed by atoms with Gasteiger partial charge in [0.05, 0.1) is 71.2 Å². The number of Topliss-reactive ketones (excluding diaryl/α,β-unsaturated/α-hetero) is 1. The average Bonchev–Trinajstić information content (AvgIpc) is 0.818. The van der Waals surface area contributed by atoms with Crippen molar-refractivity contribution in [2.75, 3.05) is 92.4 Å². The smallest absolute Gasteiger partial charge is 0.311 e. The highest BCUT2D eigenvalue weighted by Crippen LogP contribution is 2.39. The van der Waals surface area contributed by atoms with Gasteiger partial charge in [0.2, 0.25) is 52.6 Å². The first-order chi connectivity index (χ1) is 45.5. The van der Waals surface area contributed by atoms with E-state index >= 15 is 0 Å². The van der Waals surface area contributed by atoms with E-state index in [9.17, 15) is 60.3 Å². The topological polar surface area (TPSA) is 293 Å². The monoisotopic (exact) mass is 1380 g/mol. The standard InChI is InChI=1S/C67H104F5N3O21/c1-38-41(4)51(32-90-47(10)76)93-64(44(38)7)87-26-14-13-18-50(79)21-29-84-35-67(75-56(82)19-15-20-57(83)96-63-61(71)59(69)58(68)60(70)62(63)72,36-85-30-22-54(80)73-24-16-27-88-65-45(8)39(2)42(5)52(94-65)33-91-48(11)77)37-86-31-23-55(81)74-25-17-28-89-66-46(9)40(3)43(6)53(95-66)34-92-49(12)78/h38-46,51-53,64-66H,13-37H2,1-12H3,(H,73,80)(H,74,81)(H,75,82)/t38-,39-,40-,41+,42+,43+,44?,45?,46?,51?,52?,53?,64+,65+,66+,67?/m0/s1. The Morgan fingerprint density at radius 3 is 1.15 bits per heavy atom. The lowest BCUT2D eigenvalue weighted by Crippen LogP contribution is -2.58. The van der Waals surface area contributed by atoms with Crippen molar-refractivity contribution < 1.29 is 122 Å². The lowest BCUT2D eigenvalue weighted by molar-refractivity contribution is -0.255. The predicted molar refractivity (Wildman–Crippen MR) is 333 cm³/mol. The molecule has 0 saturated carbocycles. The van der Waals surface area contributed by atoms with Gasteiger partial charge in [0.25, 0.3) is 0 Å². The van der Waals surface area contributed by atoms with E-state index in [1.165, 1.54) is 20.8 Å². The molecule has 3 N–H and O–H groups in total. The number of esters is 4. The highest BCUT2D eigenvalue weighted by atomic mass is 19.2. The van der Waals surface area contributed by atoms with E-state index < -0.39 is 102 Å². The SMILES string of the molecule is CC(=O)OCC1O[C@@H](OCCCCC(=O)CCOCC(COCCC(=O)NCCCO[C@@H]2OC(COC(C)=O)[C@H](C)[C@H](C)C2C)(COCCC(=O)NCCCO[C@@H]2OC(COC(C)=O)[C@H](C)[C@H](C)C2C)NC(=O)CCCC(=O)Oc2c(F)c(F)c(F)c(F)c2F)C(C)[C@@H](C)[C@H]1C. The van der Waals surface area contributed by atoms with Crippen molar-refractivity contribution in [3.05, 3.63) is 29.1 Å². The first-order valence-corrected chi connectivity index (χ1v) is 33.5. The Morgan fingerprint density at radius 2 is 0.760 bits per heavy atom. The van der Waals surface area contributed by atoms with E-state index in [1.54, 1.807) is 0 Å². The van der Waals surface area contributed by atoms with Crippen LogP contribution in [-0.2, 0) is 95.2 Å². The molecule has 3 saturated heterocycles. The maximum atomic E-state index is 14.3. The molecule has 15 atom stereocenters. The summed E-state index contributed by atoms with van der Waals surface area (Å²) < 4.78 is 145. The summed E-state index contributed by atoms with van der Waals surface area (Å²) in [4.78, 5) is 100. The number of hydrogen-bond acceptors (Lipinski definition) is 21. The van der Waals surface area contributed by atoms with E-state index in [0.29, 0.717) is 32.3 Å². The van der Waals surface area contributed by atoms with Crippen LogP contribution in [0.4, 0.5) is 22.0 Å². The summed E-state index contributed by atoms with van der Waals surface area (Å²) >= 11 is 0. The molecule has 0 spiro atoms. The van der Waals surface area contributed by atoms with Crippen LogP contribution in [0.15, 0.2) is 0 Å². The molecule has 96 heavy (non-hydrogen) atoms. The van der Waals surface area contributed by atoms with Gasteiger partial charge in [0.1, 0.15) is 31.1 Å². The van der Waals surface area contributed by atoms with Crippen molar-refractivity contribution in [1.82, 2.24) is 16.0 Å². The highest BCUT2D eigenvalue weighted by molar-refractivity contribution is 5.79. The summed E-state index contributed by atoms with van der Waals surface area (Å²) in [6.07, 6.45) is -2.60. The maximum Gasteiger partial charge on any atom is 0.311 e. The highest BCUT2D eigenvalue weighted by Gasteiger charge is 2.43. The molecule has 3 aliphatic rings. The van der Waals surface area contributed by atoms with E-state index in [2.05, 4.69) is 41.5 Å². The number of unbranched alkanes of at least 4 members (excludes halogenated alkanes) is 1. The summed E-state index contributed by atoms with van der Waals surface area (Å²) in [6, 6.07) is 0. The Hall–Kier alpha value is -5.53. The number of benzene rings is 1. The third-order valence-electron chi connectivity index (χ3n) is 18.5. The molecular formula is C67H104F5N3O21. The zero-order chi connectivity index (χ0) is 71.2. The van der Waals surface area contributed by atoms with Gasteiger partial charge in [0.15, 0.2) is 18.9 Å². The lowest BCUT2D eigenvalue weighted by Gasteiger charge is -2.43. The Morgan fingerprint density at radius 1 is 0.396 bits per heavy atom. The zero-order valence-electron chi connectivity index (χ0n) is 57.8. The number of hydrogen-bond donors (Lipinski definition) is 3. The van der Waals surface area contributed by atoms with Crippen LogP contribution in [0.2, 0.25) is 0 Å². The van der Waals surface area contributed by atoms with E-state index in [0.717, 1.165) is 0 Å². The van der Waals surface area contributed by atoms with Crippen LogP contribution in [0.1, 0.15) is 154 Å². The molecule has 0 aliphatic carbocycles. The van der Waals surface area contributed by atoms with Crippen LogP contribution >= 0.6 is 0 Å². The molecular weight excluding hydrogens is 1280 g/mol. The summed E-state index contributed by atoms with van der Waals surface area (Å²) in [5, 5.41) is 8.43. The molecule has 0 radical (unpaired) electrons. The van der Waals surface area contributed by atoms with Crippen LogP contribution in [0.5, 0.6) is 5.75 Å². The number of carbonyl (C=O) groups excluding carboxylic acids is 8. The first kappa shape index (κ1) is 82.9. The summed E-state index contributed by atoms with van der Waals surface area (Å²) in [5.41, 5.74) is -1.62. The van der Waals surface area contributed by atoms with Crippen molar-refractivity contribution in [2.24, 2.45) is 53.3 Å². The minimum absolute atomic E-state index is 0.0347. The van der Waals surface area contributed by atoms with Crippen molar-refractivity contribution in [2.45, 2.75) is 196 Å². The molecule has 548 valence electrons. The van der Waals surface area contributed by atoms with Crippen LogP contribution in [0.25, 0.3) is 0 Å². The van der Waals surface area contributed by atoms with Gasteiger partial charge in [-0.25, -0.2) is 13.2 Å². The molecule has 0 bridgehead atoms. The van der Waals surface area contributed by atoms with Crippen LogP contribution in [-0.4, -0.2) is 182 Å². The number of ketones is 1. The van der Waals surface area contributed by atoms with Gasteiger partial charge in [0, 0.05) is 96.7 Å². The molecule has 24 nitrogen and oxygen atoms in total.